The maximum Gasteiger partial charge on any atom is 0.0393 e. The molecular formula is C14H24N2. The molecule has 0 aliphatic carbocycles. The van der Waals surface area contributed by atoms with E-state index < -0.39 is 0 Å². The molecule has 2 heteroatoms. The van der Waals surface area contributed by atoms with Gasteiger partial charge >= 0.3 is 0 Å². The summed E-state index contributed by atoms with van der Waals surface area (Å²) in [6.07, 6.45) is 0. The number of nitrogens with zero attached hydrogens (tertiary/aromatic N) is 1. The highest BCUT2D eigenvalue weighted by Gasteiger charge is 2.18. The van der Waals surface area contributed by atoms with Gasteiger partial charge in [-0.2, -0.15) is 0 Å². The minimum Gasteiger partial charge on any atom is -0.374 e. The first kappa shape index (κ1) is 13.0. The summed E-state index contributed by atoms with van der Waals surface area (Å²) in [7, 11) is 2.13. The summed E-state index contributed by atoms with van der Waals surface area (Å²) in [5, 5.41) is 0. The fraction of sp³-hybridized carbons (Fsp3) is 0.571. The van der Waals surface area contributed by atoms with Crippen molar-refractivity contribution >= 4 is 5.69 Å². The summed E-state index contributed by atoms with van der Waals surface area (Å²) in [5.41, 5.74) is 9.87. The molecule has 2 nitrogen and oxygen atoms in total. The van der Waals surface area contributed by atoms with Crippen molar-refractivity contribution in [3.63, 3.8) is 0 Å². The van der Waals surface area contributed by atoms with E-state index in [9.17, 15) is 0 Å². The van der Waals surface area contributed by atoms with Crippen LogP contribution in [0.25, 0.3) is 0 Å². The summed E-state index contributed by atoms with van der Waals surface area (Å²) in [4.78, 5) is 2.29. The van der Waals surface area contributed by atoms with Gasteiger partial charge in [0.2, 0.25) is 0 Å². The third kappa shape index (κ3) is 3.24. The molecule has 1 aromatic carbocycles. The molecule has 0 atom stereocenters. The minimum atomic E-state index is 0.159. The van der Waals surface area contributed by atoms with E-state index in [1.54, 1.807) is 0 Å². The Kier molecular flexibility index (Phi) is 3.98. The Bertz CT molecular complexity index is 356. The second-order valence-corrected chi connectivity index (χ2v) is 5.51. The molecule has 0 radical (unpaired) electrons. The van der Waals surface area contributed by atoms with Crippen molar-refractivity contribution in [1.82, 2.24) is 0 Å². The molecule has 1 rings (SSSR count). The smallest absolute Gasteiger partial charge is 0.0393 e. The standard InChI is InChI=1S/C14H24N2/c1-11-6-7-13(12(2)8-11)16(5)10-14(3,4)9-15/h6-8H,9-10,15H2,1-5H3. The zero-order chi connectivity index (χ0) is 12.3. The zero-order valence-electron chi connectivity index (χ0n) is 11.2. The highest BCUT2D eigenvalue weighted by molar-refractivity contribution is 5.53. The summed E-state index contributed by atoms with van der Waals surface area (Å²) >= 11 is 0. The van der Waals surface area contributed by atoms with Crippen LogP contribution in [0.5, 0.6) is 0 Å². The normalized spacial score (nSPS) is 11.6. The van der Waals surface area contributed by atoms with Crippen molar-refractivity contribution in [2.24, 2.45) is 11.1 Å². The molecule has 1 aromatic rings. The number of hydrogen-bond donors (Lipinski definition) is 1. The molecule has 0 saturated heterocycles. The molecule has 0 bridgehead atoms. The van der Waals surface area contributed by atoms with Crippen LogP contribution in [0.1, 0.15) is 25.0 Å². The summed E-state index contributed by atoms with van der Waals surface area (Å²) < 4.78 is 0. The van der Waals surface area contributed by atoms with Gasteiger partial charge in [0.25, 0.3) is 0 Å². The fourth-order valence-corrected chi connectivity index (χ4v) is 2.03. The molecule has 0 unspecified atom stereocenters. The van der Waals surface area contributed by atoms with Crippen LogP contribution in [0.4, 0.5) is 5.69 Å². The number of rotatable bonds is 4. The lowest BCUT2D eigenvalue weighted by Crippen LogP contribution is -2.37. The van der Waals surface area contributed by atoms with Gasteiger partial charge in [0.05, 0.1) is 0 Å². The lowest BCUT2D eigenvalue weighted by molar-refractivity contribution is 0.385. The van der Waals surface area contributed by atoms with E-state index in [1.165, 1.54) is 16.8 Å². The van der Waals surface area contributed by atoms with Gasteiger partial charge < -0.3 is 10.6 Å². The van der Waals surface area contributed by atoms with Gasteiger partial charge in [0.1, 0.15) is 0 Å². The molecule has 0 aliphatic rings. The monoisotopic (exact) mass is 220 g/mol. The average molecular weight is 220 g/mol. The van der Waals surface area contributed by atoms with E-state index in [1.807, 2.05) is 0 Å². The molecular weight excluding hydrogens is 196 g/mol. The fourth-order valence-electron chi connectivity index (χ4n) is 2.03. The Morgan fingerprint density at radius 2 is 1.88 bits per heavy atom. The minimum absolute atomic E-state index is 0.159. The highest BCUT2D eigenvalue weighted by atomic mass is 15.1. The highest BCUT2D eigenvalue weighted by Crippen LogP contribution is 2.23. The van der Waals surface area contributed by atoms with Crippen LogP contribution < -0.4 is 10.6 Å². The number of hydrogen-bond acceptors (Lipinski definition) is 2. The van der Waals surface area contributed by atoms with Crippen LogP contribution in [-0.2, 0) is 0 Å². The van der Waals surface area contributed by atoms with Crippen molar-refractivity contribution in [3.8, 4) is 0 Å². The molecule has 0 spiro atoms. The van der Waals surface area contributed by atoms with Gasteiger partial charge in [-0.15, -0.1) is 0 Å². The molecule has 0 aromatic heterocycles. The number of anilines is 1. The Hall–Kier alpha value is -1.02. The topological polar surface area (TPSA) is 29.3 Å². The maximum atomic E-state index is 5.77. The Morgan fingerprint density at radius 3 is 2.38 bits per heavy atom. The Labute approximate surface area is 99.5 Å². The van der Waals surface area contributed by atoms with Gasteiger partial charge in [-0.25, -0.2) is 0 Å². The van der Waals surface area contributed by atoms with Gasteiger partial charge in [-0.3, -0.25) is 0 Å². The predicted molar refractivity (Wildman–Crippen MR) is 72.0 cm³/mol. The van der Waals surface area contributed by atoms with E-state index >= 15 is 0 Å². The second-order valence-electron chi connectivity index (χ2n) is 5.51. The first-order chi connectivity index (χ1) is 7.35. The van der Waals surface area contributed by atoms with Gasteiger partial charge in [0, 0.05) is 19.3 Å². The Morgan fingerprint density at radius 1 is 1.25 bits per heavy atom. The van der Waals surface area contributed by atoms with Crippen LogP contribution in [0, 0.1) is 19.3 Å². The van der Waals surface area contributed by atoms with Crippen molar-refractivity contribution in [1.29, 1.82) is 0 Å². The number of aryl methyl sites for hydroxylation is 2. The van der Waals surface area contributed by atoms with Crippen molar-refractivity contribution in [2.45, 2.75) is 27.7 Å². The third-order valence-electron chi connectivity index (χ3n) is 2.98. The van der Waals surface area contributed by atoms with Crippen molar-refractivity contribution in [3.05, 3.63) is 29.3 Å². The molecule has 0 aliphatic heterocycles. The predicted octanol–water partition coefficient (Wildman–Crippen LogP) is 2.72. The third-order valence-corrected chi connectivity index (χ3v) is 2.98. The van der Waals surface area contributed by atoms with E-state index in [2.05, 4.69) is 57.8 Å². The van der Waals surface area contributed by atoms with Gasteiger partial charge in [-0.05, 0) is 37.4 Å². The molecule has 16 heavy (non-hydrogen) atoms. The van der Waals surface area contributed by atoms with Crippen LogP contribution in [0.2, 0.25) is 0 Å². The number of benzene rings is 1. The molecule has 2 N–H and O–H groups in total. The second kappa shape index (κ2) is 4.88. The molecule has 0 heterocycles. The molecule has 90 valence electrons. The van der Waals surface area contributed by atoms with E-state index in [0.29, 0.717) is 6.54 Å². The summed E-state index contributed by atoms with van der Waals surface area (Å²) in [6, 6.07) is 6.58. The number of nitrogens with two attached hydrogens (primary N) is 1. The SMILES string of the molecule is Cc1ccc(N(C)CC(C)(C)CN)c(C)c1. The van der Waals surface area contributed by atoms with Gasteiger partial charge in [0.15, 0.2) is 0 Å². The van der Waals surface area contributed by atoms with Crippen LogP contribution in [0.3, 0.4) is 0 Å². The first-order valence-electron chi connectivity index (χ1n) is 5.84. The van der Waals surface area contributed by atoms with Crippen molar-refractivity contribution in [2.75, 3.05) is 25.0 Å². The van der Waals surface area contributed by atoms with Crippen LogP contribution in [0.15, 0.2) is 18.2 Å². The lowest BCUT2D eigenvalue weighted by Gasteiger charge is -2.31. The van der Waals surface area contributed by atoms with E-state index in [0.717, 1.165) is 6.54 Å². The largest absolute Gasteiger partial charge is 0.374 e. The van der Waals surface area contributed by atoms with E-state index in [-0.39, 0.29) is 5.41 Å². The Balaban J connectivity index is 2.84. The van der Waals surface area contributed by atoms with Crippen LogP contribution in [-0.4, -0.2) is 20.1 Å². The molecule has 0 saturated carbocycles. The summed E-state index contributed by atoms with van der Waals surface area (Å²) in [5.74, 6) is 0. The molecule has 0 amide bonds. The van der Waals surface area contributed by atoms with Crippen molar-refractivity contribution < 1.29 is 0 Å². The van der Waals surface area contributed by atoms with E-state index in [4.69, 9.17) is 5.73 Å². The maximum absolute atomic E-state index is 5.77. The zero-order valence-corrected chi connectivity index (χ0v) is 11.2. The molecule has 0 fully saturated rings. The quantitative estimate of drug-likeness (QED) is 0.845. The lowest BCUT2D eigenvalue weighted by atomic mass is 9.93. The van der Waals surface area contributed by atoms with Gasteiger partial charge in [-0.1, -0.05) is 31.5 Å². The first-order valence-corrected chi connectivity index (χ1v) is 5.84. The average Bonchev–Trinajstić information content (AvgIpc) is 2.16. The van der Waals surface area contributed by atoms with Crippen LogP contribution >= 0.6 is 0 Å². The summed E-state index contributed by atoms with van der Waals surface area (Å²) in [6.45, 7) is 10.4.